The monoisotopic (exact) mass is 368 g/mol. The van der Waals surface area contributed by atoms with E-state index in [1.54, 1.807) is 49.8 Å². The third-order valence-corrected chi connectivity index (χ3v) is 4.21. The number of urea groups is 1. The van der Waals surface area contributed by atoms with E-state index in [4.69, 9.17) is 4.74 Å². The van der Waals surface area contributed by atoms with Gasteiger partial charge in [0.05, 0.1) is 20.1 Å². The van der Waals surface area contributed by atoms with Crippen LogP contribution < -0.4 is 15.4 Å². The lowest BCUT2D eigenvalue weighted by atomic mass is 10.1. The highest BCUT2D eigenvalue weighted by molar-refractivity contribution is 6.05. The highest BCUT2D eigenvalue weighted by Gasteiger charge is 2.38. The minimum absolute atomic E-state index is 0.107. The minimum atomic E-state index is -0.857. The molecule has 1 aliphatic rings. The van der Waals surface area contributed by atoms with Crippen molar-refractivity contribution in [2.75, 3.05) is 7.11 Å². The van der Waals surface area contributed by atoms with Crippen molar-refractivity contribution in [1.82, 2.24) is 20.5 Å². The molecule has 0 radical (unpaired) electrons. The summed E-state index contributed by atoms with van der Waals surface area (Å²) in [5.74, 6) is -0.0322. The Morgan fingerprint density at radius 2 is 2.00 bits per heavy atom. The van der Waals surface area contributed by atoms with Crippen molar-refractivity contribution in [3.63, 3.8) is 0 Å². The number of pyridine rings is 1. The Labute approximate surface area is 156 Å². The summed E-state index contributed by atoms with van der Waals surface area (Å²) in [5.41, 5.74) is 1.65. The van der Waals surface area contributed by atoms with Gasteiger partial charge in [-0.3, -0.25) is 19.5 Å². The molecule has 2 N–H and O–H groups in total. The largest absolute Gasteiger partial charge is 0.497 e. The zero-order chi connectivity index (χ0) is 19.2. The molecular formula is C19H20N4O4. The zero-order valence-corrected chi connectivity index (χ0v) is 14.8. The molecule has 140 valence electrons. The Morgan fingerprint density at radius 1 is 1.22 bits per heavy atom. The summed E-state index contributed by atoms with van der Waals surface area (Å²) in [4.78, 5) is 41.8. The van der Waals surface area contributed by atoms with Gasteiger partial charge < -0.3 is 15.4 Å². The van der Waals surface area contributed by atoms with Crippen molar-refractivity contribution < 1.29 is 19.1 Å². The number of hydrogen-bond donors (Lipinski definition) is 2. The number of nitrogens with one attached hydrogen (secondary N) is 2. The highest BCUT2D eigenvalue weighted by atomic mass is 16.5. The summed E-state index contributed by atoms with van der Waals surface area (Å²) in [6, 6.07) is 9.35. The number of carbonyl (C=O) groups is 3. The molecule has 0 saturated carbocycles. The summed E-state index contributed by atoms with van der Waals surface area (Å²) in [5, 5.41) is 5.29. The van der Waals surface area contributed by atoms with Gasteiger partial charge in [0.15, 0.2) is 0 Å². The second-order valence-corrected chi connectivity index (χ2v) is 6.12. The second-order valence-electron chi connectivity index (χ2n) is 6.12. The summed E-state index contributed by atoms with van der Waals surface area (Å²) >= 11 is 0. The van der Waals surface area contributed by atoms with Crippen LogP contribution in [-0.2, 0) is 22.7 Å². The topological polar surface area (TPSA) is 101 Å². The molecule has 2 aromatic rings. The van der Waals surface area contributed by atoms with Gasteiger partial charge in [-0.2, -0.15) is 0 Å². The lowest BCUT2D eigenvalue weighted by Gasteiger charge is -2.13. The van der Waals surface area contributed by atoms with E-state index in [9.17, 15) is 14.4 Å². The number of rotatable bonds is 7. The van der Waals surface area contributed by atoms with E-state index < -0.39 is 18.0 Å². The third kappa shape index (κ3) is 4.60. The number of nitrogens with zero attached hydrogens (tertiary/aromatic N) is 2. The van der Waals surface area contributed by atoms with Crippen LogP contribution in [0.3, 0.4) is 0 Å². The van der Waals surface area contributed by atoms with Crippen LogP contribution in [-0.4, -0.2) is 40.9 Å². The van der Waals surface area contributed by atoms with Crippen LogP contribution in [0.4, 0.5) is 4.79 Å². The van der Waals surface area contributed by atoms with E-state index in [1.165, 1.54) is 0 Å². The molecule has 1 fully saturated rings. The van der Waals surface area contributed by atoms with Crippen LogP contribution in [0.5, 0.6) is 5.75 Å². The SMILES string of the molecule is COc1ccc(CN2C(=O)N[C@H](CC(=O)NCc3cccnc3)C2=O)cc1. The van der Waals surface area contributed by atoms with E-state index in [0.717, 1.165) is 16.0 Å². The maximum Gasteiger partial charge on any atom is 0.325 e. The fourth-order valence-electron chi connectivity index (χ4n) is 2.74. The third-order valence-electron chi connectivity index (χ3n) is 4.21. The standard InChI is InChI=1S/C19H20N4O4/c1-27-15-6-4-13(5-7-15)12-23-18(25)16(22-19(23)26)9-17(24)21-11-14-3-2-8-20-10-14/h2-8,10,16H,9,11-12H2,1H3,(H,21,24)(H,22,26)/t16-/m1/s1. The fraction of sp³-hybridized carbons (Fsp3) is 0.263. The Bertz CT molecular complexity index is 823. The number of hydrogen-bond acceptors (Lipinski definition) is 5. The van der Waals surface area contributed by atoms with Crippen LogP contribution in [0.1, 0.15) is 17.5 Å². The Hall–Kier alpha value is -3.42. The number of methoxy groups -OCH3 is 1. The van der Waals surface area contributed by atoms with Crippen molar-refractivity contribution >= 4 is 17.8 Å². The van der Waals surface area contributed by atoms with Crippen LogP contribution in [0.2, 0.25) is 0 Å². The smallest absolute Gasteiger partial charge is 0.325 e. The fourth-order valence-corrected chi connectivity index (χ4v) is 2.74. The van der Waals surface area contributed by atoms with Gasteiger partial charge >= 0.3 is 6.03 Å². The molecule has 1 aromatic heterocycles. The second kappa shape index (κ2) is 8.31. The van der Waals surface area contributed by atoms with Gasteiger partial charge in [0.1, 0.15) is 11.8 Å². The van der Waals surface area contributed by atoms with Crippen molar-refractivity contribution in [2.24, 2.45) is 0 Å². The number of benzene rings is 1. The Morgan fingerprint density at radius 3 is 2.67 bits per heavy atom. The lowest BCUT2D eigenvalue weighted by molar-refractivity contribution is -0.131. The van der Waals surface area contributed by atoms with Crippen molar-refractivity contribution in [3.05, 3.63) is 59.9 Å². The Balaban J connectivity index is 1.54. The van der Waals surface area contributed by atoms with Crippen LogP contribution in [0.25, 0.3) is 0 Å². The molecule has 1 aliphatic heterocycles. The molecule has 0 spiro atoms. The molecule has 0 aliphatic carbocycles. The van der Waals surface area contributed by atoms with E-state index in [-0.39, 0.29) is 18.9 Å². The van der Waals surface area contributed by atoms with Crippen molar-refractivity contribution in [1.29, 1.82) is 0 Å². The van der Waals surface area contributed by atoms with E-state index >= 15 is 0 Å². The molecule has 8 nitrogen and oxygen atoms in total. The first-order valence-electron chi connectivity index (χ1n) is 8.47. The summed E-state index contributed by atoms with van der Waals surface area (Å²) in [7, 11) is 1.57. The molecular weight excluding hydrogens is 348 g/mol. The number of carbonyl (C=O) groups excluding carboxylic acids is 3. The predicted molar refractivity (Wildman–Crippen MR) is 96.6 cm³/mol. The maximum atomic E-state index is 12.5. The quantitative estimate of drug-likeness (QED) is 0.716. The van der Waals surface area contributed by atoms with E-state index in [0.29, 0.717) is 12.3 Å². The number of aromatic nitrogens is 1. The van der Waals surface area contributed by atoms with Crippen LogP contribution in [0.15, 0.2) is 48.8 Å². The average Bonchev–Trinajstić information content (AvgIpc) is 2.95. The van der Waals surface area contributed by atoms with Crippen molar-refractivity contribution in [3.8, 4) is 5.75 Å². The molecule has 0 bridgehead atoms. The van der Waals surface area contributed by atoms with E-state index in [1.807, 2.05) is 6.07 Å². The van der Waals surface area contributed by atoms with Gasteiger partial charge in [0.25, 0.3) is 5.91 Å². The molecule has 1 atom stereocenters. The number of imide groups is 1. The normalized spacial score (nSPS) is 16.2. The first kappa shape index (κ1) is 18.4. The number of amides is 4. The molecule has 4 amide bonds. The van der Waals surface area contributed by atoms with Gasteiger partial charge in [0.2, 0.25) is 5.91 Å². The maximum absolute atomic E-state index is 12.5. The number of ether oxygens (including phenoxy) is 1. The molecule has 1 aromatic carbocycles. The summed E-state index contributed by atoms with van der Waals surface area (Å²) in [6.07, 6.45) is 3.19. The van der Waals surface area contributed by atoms with Crippen LogP contribution >= 0.6 is 0 Å². The molecule has 3 rings (SSSR count). The highest BCUT2D eigenvalue weighted by Crippen LogP contribution is 2.17. The average molecular weight is 368 g/mol. The molecule has 8 heteroatoms. The lowest BCUT2D eigenvalue weighted by Crippen LogP contribution is -2.36. The molecule has 1 saturated heterocycles. The van der Waals surface area contributed by atoms with Crippen molar-refractivity contribution in [2.45, 2.75) is 25.6 Å². The van der Waals surface area contributed by atoms with Gasteiger partial charge in [-0.15, -0.1) is 0 Å². The first-order valence-corrected chi connectivity index (χ1v) is 8.47. The molecule has 0 unspecified atom stereocenters. The summed E-state index contributed by atoms with van der Waals surface area (Å²) < 4.78 is 5.09. The van der Waals surface area contributed by atoms with Gasteiger partial charge in [-0.25, -0.2) is 4.79 Å². The molecule has 27 heavy (non-hydrogen) atoms. The predicted octanol–water partition coefficient (Wildman–Crippen LogP) is 1.22. The van der Waals surface area contributed by atoms with Gasteiger partial charge in [0, 0.05) is 18.9 Å². The van der Waals surface area contributed by atoms with E-state index in [2.05, 4.69) is 15.6 Å². The van der Waals surface area contributed by atoms with Gasteiger partial charge in [-0.05, 0) is 29.3 Å². The zero-order valence-electron chi connectivity index (χ0n) is 14.8. The Kier molecular flexibility index (Phi) is 5.65. The first-order chi connectivity index (χ1) is 13.1. The minimum Gasteiger partial charge on any atom is -0.497 e. The summed E-state index contributed by atoms with van der Waals surface area (Å²) in [6.45, 7) is 0.458. The molecule has 2 heterocycles. The van der Waals surface area contributed by atoms with Crippen LogP contribution in [0, 0.1) is 0 Å². The van der Waals surface area contributed by atoms with Gasteiger partial charge in [-0.1, -0.05) is 18.2 Å².